The Morgan fingerprint density at radius 3 is 2.18 bits per heavy atom. The van der Waals surface area contributed by atoms with Crippen LogP contribution in [0.25, 0.3) is 0 Å². The molecule has 0 bridgehead atoms. The molecule has 0 aliphatic carbocycles. The molecule has 0 aliphatic heterocycles. The van der Waals surface area contributed by atoms with Gasteiger partial charge in [0.05, 0.1) is 6.61 Å². The topological polar surface area (TPSA) is 30.5 Å². The van der Waals surface area contributed by atoms with Crippen molar-refractivity contribution >= 4 is 0 Å². The Balaban J connectivity index is 2.36. The van der Waals surface area contributed by atoms with Crippen LogP contribution in [0.3, 0.4) is 0 Å². The van der Waals surface area contributed by atoms with Gasteiger partial charge in [0.25, 0.3) is 0 Å². The van der Waals surface area contributed by atoms with Crippen LogP contribution in [0.15, 0.2) is 12.1 Å². The lowest BCUT2D eigenvalue weighted by molar-refractivity contribution is 0.196. The van der Waals surface area contributed by atoms with Gasteiger partial charge in [-0.15, -0.1) is 0 Å². The van der Waals surface area contributed by atoms with Crippen LogP contribution in [0.5, 0.6) is 5.75 Å². The molecule has 17 heavy (non-hydrogen) atoms. The summed E-state index contributed by atoms with van der Waals surface area (Å²) in [5.41, 5.74) is 3.70. The van der Waals surface area contributed by atoms with Crippen LogP contribution in [0.4, 0.5) is 0 Å². The third-order valence-electron chi connectivity index (χ3n) is 2.61. The minimum Gasteiger partial charge on any atom is -0.492 e. The van der Waals surface area contributed by atoms with Gasteiger partial charge < -0.3 is 14.8 Å². The van der Waals surface area contributed by atoms with Crippen molar-refractivity contribution in [3.05, 3.63) is 28.8 Å². The van der Waals surface area contributed by atoms with Gasteiger partial charge >= 0.3 is 0 Å². The van der Waals surface area contributed by atoms with E-state index >= 15 is 0 Å². The Morgan fingerprint density at radius 2 is 1.59 bits per heavy atom. The molecule has 0 aliphatic rings. The average molecular weight is 237 g/mol. The van der Waals surface area contributed by atoms with Crippen molar-refractivity contribution in [3.63, 3.8) is 0 Å². The first-order chi connectivity index (χ1) is 8.15. The fourth-order valence-electron chi connectivity index (χ4n) is 1.92. The van der Waals surface area contributed by atoms with Gasteiger partial charge in [-0.3, -0.25) is 0 Å². The van der Waals surface area contributed by atoms with Crippen LogP contribution in [-0.4, -0.2) is 33.4 Å². The molecule has 0 unspecified atom stereocenters. The van der Waals surface area contributed by atoms with Crippen molar-refractivity contribution < 1.29 is 9.47 Å². The maximum Gasteiger partial charge on any atom is 0.125 e. The lowest BCUT2D eigenvalue weighted by atomic mass is 10.1. The van der Waals surface area contributed by atoms with Gasteiger partial charge in [-0.25, -0.2) is 0 Å². The Bertz CT molecular complexity index is 327. The van der Waals surface area contributed by atoms with Gasteiger partial charge in [0.2, 0.25) is 0 Å². The number of rotatable bonds is 7. The summed E-state index contributed by atoms with van der Waals surface area (Å²) >= 11 is 0. The van der Waals surface area contributed by atoms with Crippen LogP contribution in [0.1, 0.15) is 16.7 Å². The zero-order valence-corrected chi connectivity index (χ0v) is 11.3. The third kappa shape index (κ3) is 4.75. The number of aryl methyl sites for hydroxylation is 3. The summed E-state index contributed by atoms with van der Waals surface area (Å²) in [7, 11) is 1.71. The molecule has 3 heteroatoms. The summed E-state index contributed by atoms with van der Waals surface area (Å²) in [6.45, 7) is 9.43. The smallest absolute Gasteiger partial charge is 0.125 e. The molecule has 1 N–H and O–H groups in total. The molecule has 0 saturated heterocycles. The van der Waals surface area contributed by atoms with Crippen molar-refractivity contribution in [2.75, 3.05) is 33.4 Å². The monoisotopic (exact) mass is 237 g/mol. The molecule has 3 nitrogen and oxygen atoms in total. The molecule has 0 amide bonds. The quantitative estimate of drug-likeness (QED) is 0.738. The van der Waals surface area contributed by atoms with E-state index in [0.29, 0.717) is 6.61 Å². The highest BCUT2D eigenvalue weighted by atomic mass is 16.5. The fourth-order valence-corrected chi connectivity index (χ4v) is 1.92. The zero-order valence-electron chi connectivity index (χ0n) is 11.3. The van der Waals surface area contributed by atoms with E-state index in [1.807, 2.05) is 0 Å². The molecule has 96 valence electrons. The molecular formula is C14H23NO2. The number of methoxy groups -OCH3 is 1. The first kappa shape index (κ1) is 14.0. The first-order valence-corrected chi connectivity index (χ1v) is 6.05. The summed E-state index contributed by atoms with van der Waals surface area (Å²) in [5.74, 6) is 1.02. The lowest BCUT2D eigenvalue weighted by Gasteiger charge is -2.13. The van der Waals surface area contributed by atoms with Crippen LogP contribution < -0.4 is 10.1 Å². The van der Waals surface area contributed by atoms with Crippen molar-refractivity contribution in [2.24, 2.45) is 0 Å². The number of hydrogen-bond donors (Lipinski definition) is 1. The molecule has 1 aromatic carbocycles. The Labute approximate surface area is 104 Å². The van der Waals surface area contributed by atoms with Gasteiger partial charge in [-0.2, -0.15) is 0 Å². The average Bonchev–Trinajstić information content (AvgIpc) is 2.26. The maximum atomic E-state index is 5.80. The second-order valence-corrected chi connectivity index (χ2v) is 4.32. The summed E-state index contributed by atoms with van der Waals surface area (Å²) < 4.78 is 10.8. The van der Waals surface area contributed by atoms with E-state index in [1.165, 1.54) is 16.7 Å². The van der Waals surface area contributed by atoms with E-state index in [2.05, 4.69) is 38.2 Å². The van der Waals surface area contributed by atoms with E-state index < -0.39 is 0 Å². The molecule has 0 heterocycles. The van der Waals surface area contributed by atoms with Crippen molar-refractivity contribution in [1.82, 2.24) is 5.32 Å². The summed E-state index contributed by atoms with van der Waals surface area (Å²) in [5, 5.41) is 3.26. The van der Waals surface area contributed by atoms with Gasteiger partial charge in [0.1, 0.15) is 12.4 Å². The zero-order chi connectivity index (χ0) is 12.7. The molecule has 1 aromatic rings. The lowest BCUT2D eigenvalue weighted by Crippen LogP contribution is -2.24. The number of benzene rings is 1. The summed E-state index contributed by atoms with van der Waals surface area (Å²) in [6, 6.07) is 4.31. The van der Waals surface area contributed by atoms with Crippen molar-refractivity contribution in [1.29, 1.82) is 0 Å². The minimum absolute atomic E-state index is 0.689. The first-order valence-electron chi connectivity index (χ1n) is 6.05. The van der Waals surface area contributed by atoms with Crippen LogP contribution in [0, 0.1) is 20.8 Å². The van der Waals surface area contributed by atoms with E-state index in [1.54, 1.807) is 7.11 Å². The van der Waals surface area contributed by atoms with Gasteiger partial charge in [0, 0.05) is 20.2 Å². The highest BCUT2D eigenvalue weighted by Gasteiger charge is 2.04. The Hall–Kier alpha value is -1.06. The molecule has 0 atom stereocenters. The third-order valence-corrected chi connectivity index (χ3v) is 2.61. The van der Waals surface area contributed by atoms with Gasteiger partial charge in [-0.1, -0.05) is 17.7 Å². The molecule has 0 fully saturated rings. The number of ether oxygens (including phenoxy) is 2. The molecule has 0 radical (unpaired) electrons. The van der Waals surface area contributed by atoms with Gasteiger partial charge in [-0.05, 0) is 31.9 Å². The predicted octanol–water partition coefficient (Wildman–Crippen LogP) is 2.23. The highest BCUT2D eigenvalue weighted by molar-refractivity contribution is 5.42. The molecular weight excluding hydrogens is 214 g/mol. The van der Waals surface area contributed by atoms with Crippen LogP contribution in [0.2, 0.25) is 0 Å². The molecule has 0 spiro atoms. The van der Waals surface area contributed by atoms with E-state index in [0.717, 1.165) is 25.4 Å². The highest BCUT2D eigenvalue weighted by Crippen LogP contribution is 2.24. The SMILES string of the molecule is COCCNCCOc1c(C)cc(C)cc1C. The Morgan fingerprint density at radius 1 is 1.00 bits per heavy atom. The maximum absolute atomic E-state index is 5.80. The second-order valence-electron chi connectivity index (χ2n) is 4.32. The molecule has 1 rings (SSSR count). The fraction of sp³-hybridized carbons (Fsp3) is 0.571. The normalized spacial score (nSPS) is 10.6. The van der Waals surface area contributed by atoms with Crippen molar-refractivity contribution in [3.8, 4) is 5.75 Å². The number of nitrogens with one attached hydrogen (secondary N) is 1. The van der Waals surface area contributed by atoms with E-state index in [9.17, 15) is 0 Å². The van der Waals surface area contributed by atoms with Crippen LogP contribution in [-0.2, 0) is 4.74 Å². The van der Waals surface area contributed by atoms with E-state index in [4.69, 9.17) is 9.47 Å². The summed E-state index contributed by atoms with van der Waals surface area (Å²) in [6.07, 6.45) is 0. The molecule has 0 aromatic heterocycles. The number of hydrogen-bond acceptors (Lipinski definition) is 3. The predicted molar refractivity (Wildman–Crippen MR) is 70.9 cm³/mol. The Kier molecular flexibility index (Phi) is 6.01. The second kappa shape index (κ2) is 7.30. The van der Waals surface area contributed by atoms with Crippen molar-refractivity contribution in [2.45, 2.75) is 20.8 Å². The minimum atomic E-state index is 0.689. The largest absolute Gasteiger partial charge is 0.492 e. The van der Waals surface area contributed by atoms with E-state index in [-0.39, 0.29) is 0 Å². The standard InChI is InChI=1S/C14H23NO2/c1-11-9-12(2)14(13(3)10-11)17-8-6-15-5-7-16-4/h9-10,15H,5-8H2,1-4H3. The van der Waals surface area contributed by atoms with Crippen LogP contribution >= 0.6 is 0 Å². The molecule has 0 saturated carbocycles. The van der Waals surface area contributed by atoms with Gasteiger partial charge in [0.15, 0.2) is 0 Å². The summed E-state index contributed by atoms with van der Waals surface area (Å²) in [4.78, 5) is 0.